The Labute approximate surface area is 109 Å². The Morgan fingerprint density at radius 3 is 2.79 bits per heavy atom. The summed E-state index contributed by atoms with van der Waals surface area (Å²) in [6.45, 7) is 0.180. The molecule has 0 aromatic carbocycles. The van der Waals surface area contributed by atoms with Crippen LogP contribution >= 0.6 is 0 Å². The summed E-state index contributed by atoms with van der Waals surface area (Å²) in [5, 5.41) is 3.95. The van der Waals surface area contributed by atoms with Crippen molar-refractivity contribution in [3.05, 3.63) is 40.6 Å². The lowest BCUT2D eigenvalue weighted by molar-refractivity contribution is 0.347. The fraction of sp³-hybridized carbons (Fsp3) is 0.250. The third kappa shape index (κ3) is 2.65. The van der Waals surface area contributed by atoms with Crippen molar-refractivity contribution in [2.24, 2.45) is 0 Å². The van der Waals surface area contributed by atoms with Crippen LogP contribution in [-0.4, -0.2) is 29.0 Å². The van der Waals surface area contributed by atoms with Crippen molar-refractivity contribution in [3.8, 4) is 11.5 Å². The maximum absolute atomic E-state index is 11.7. The highest BCUT2D eigenvalue weighted by atomic mass is 16.5. The van der Waals surface area contributed by atoms with Gasteiger partial charge in [-0.25, -0.2) is 4.68 Å². The van der Waals surface area contributed by atoms with Crippen LogP contribution in [0.25, 0.3) is 0 Å². The average Bonchev–Trinajstić information content (AvgIpc) is 2.41. The zero-order valence-corrected chi connectivity index (χ0v) is 10.7. The number of hydrogen-bond acceptors (Lipinski definition) is 6. The zero-order chi connectivity index (χ0) is 13.8. The molecule has 0 unspecified atom stereocenters. The number of anilines is 1. The number of methoxy groups -OCH3 is 2. The minimum atomic E-state index is -0.299. The van der Waals surface area contributed by atoms with Gasteiger partial charge in [0.2, 0.25) is 0 Å². The third-order valence-electron chi connectivity index (χ3n) is 2.56. The second-order valence-electron chi connectivity index (χ2n) is 3.78. The number of pyridine rings is 1. The zero-order valence-electron chi connectivity index (χ0n) is 10.7. The van der Waals surface area contributed by atoms with Gasteiger partial charge in [0.05, 0.1) is 32.6 Å². The predicted octanol–water partition coefficient (Wildman–Crippen LogP) is 0.286. The molecule has 0 amide bonds. The second kappa shape index (κ2) is 5.38. The van der Waals surface area contributed by atoms with Gasteiger partial charge in [0.1, 0.15) is 5.69 Å². The Kier molecular flexibility index (Phi) is 3.65. The van der Waals surface area contributed by atoms with Crippen LogP contribution in [0.1, 0.15) is 5.69 Å². The normalized spacial score (nSPS) is 10.2. The Hall–Kier alpha value is -2.57. The number of rotatable bonds is 4. The van der Waals surface area contributed by atoms with E-state index in [1.54, 1.807) is 12.3 Å². The van der Waals surface area contributed by atoms with Gasteiger partial charge in [-0.1, -0.05) is 0 Å². The number of ether oxygens (including phenoxy) is 2. The van der Waals surface area contributed by atoms with Crippen molar-refractivity contribution in [2.45, 2.75) is 6.54 Å². The van der Waals surface area contributed by atoms with Gasteiger partial charge in [0, 0.05) is 18.3 Å². The van der Waals surface area contributed by atoms with Gasteiger partial charge in [0.25, 0.3) is 5.56 Å². The number of nitrogens with zero attached hydrogens (tertiary/aromatic N) is 3. The average molecular weight is 262 g/mol. The van der Waals surface area contributed by atoms with Crippen LogP contribution in [0.15, 0.2) is 29.3 Å². The molecule has 2 aromatic rings. The van der Waals surface area contributed by atoms with Crippen molar-refractivity contribution in [1.29, 1.82) is 0 Å². The van der Waals surface area contributed by atoms with E-state index < -0.39 is 0 Å². The standard InChI is InChI=1S/C12H14N4O3/c1-18-10-3-4-14-9(12(10)19-2)7-16-11(17)5-8(13)6-15-16/h3-6H,7,13H2,1-2H3. The lowest BCUT2D eigenvalue weighted by Crippen LogP contribution is -2.23. The molecule has 0 radical (unpaired) electrons. The summed E-state index contributed by atoms with van der Waals surface area (Å²) >= 11 is 0. The lowest BCUT2D eigenvalue weighted by Gasteiger charge is -2.11. The fourth-order valence-electron chi connectivity index (χ4n) is 1.67. The molecule has 7 nitrogen and oxygen atoms in total. The van der Waals surface area contributed by atoms with Crippen molar-refractivity contribution in [1.82, 2.24) is 14.8 Å². The van der Waals surface area contributed by atoms with E-state index in [-0.39, 0.29) is 12.1 Å². The van der Waals surface area contributed by atoms with Gasteiger partial charge in [-0.05, 0) is 0 Å². The molecule has 2 N–H and O–H groups in total. The van der Waals surface area contributed by atoms with Crippen LogP contribution < -0.4 is 20.8 Å². The highest BCUT2D eigenvalue weighted by Crippen LogP contribution is 2.29. The summed E-state index contributed by atoms with van der Waals surface area (Å²) in [5.74, 6) is 1.03. The first-order valence-electron chi connectivity index (χ1n) is 5.54. The summed E-state index contributed by atoms with van der Waals surface area (Å²) in [4.78, 5) is 15.9. The molecule has 0 saturated carbocycles. The first-order chi connectivity index (χ1) is 9.15. The molecule has 0 atom stereocenters. The highest BCUT2D eigenvalue weighted by Gasteiger charge is 2.12. The van der Waals surface area contributed by atoms with E-state index in [4.69, 9.17) is 15.2 Å². The van der Waals surface area contributed by atoms with Crippen LogP contribution in [0.3, 0.4) is 0 Å². The molecule has 0 bridgehead atoms. The molecule has 100 valence electrons. The second-order valence-corrected chi connectivity index (χ2v) is 3.78. The largest absolute Gasteiger partial charge is 0.493 e. The topological polar surface area (TPSA) is 92.3 Å². The Balaban J connectivity index is 2.40. The van der Waals surface area contributed by atoms with Crippen molar-refractivity contribution in [2.75, 3.05) is 20.0 Å². The van der Waals surface area contributed by atoms with E-state index >= 15 is 0 Å². The molecule has 0 saturated heterocycles. The van der Waals surface area contributed by atoms with Gasteiger partial charge >= 0.3 is 0 Å². The summed E-state index contributed by atoms with van der Waals surface area (Å²) < 4.78 is 11.7. The van der Waals surface area contributed by atoms with Gasteiger partial charge in [0.15, 0.2) is 11.5 Å². The van der Waals surface area contributed by atoms with E-state index in [1.807, 2.05) is 0 Å². The maximum atomic E-state index is 11.7. The molecule has 2 rings (SSSR count). The lowest BCUT2D eigenvalue weighted by atomic mass is 10.3. The fourth-order valence-corrected chi connectivity index (χ4v) is 1.67. The maximum Gasteiger partial charge on any atom is 0.269 e. The van der Waals surface area contributed by atoms with E-state index in [0.29, 0.717) is 22.9 Å². The summed E-state index contributed by atoms with van der Waals surface area (Å²) in [6, 6.07) is 2.99. The molecule has 0 aliphatic carbocycles. The van der Waals surface area contributed by atoms with Gasteiger partial charge < -0.3 is 15.2 Å². The van der Waals surface area contributed by atoms with Crippen molar-refractivity contribution >= 4 is 5.69 Å². The molecular formula is C12H14N4O3. The number of nitrogens with two attached hydrogens (primary N) is 1. The highest BCUT2D eigenvalue weighted by molar-refractivity contribution is 5.42. The van der Waals surface area contributed by atoms with Gasteiger partial charge in [-0.15, -0.1) is 0 Å². The molecule has 0 fully saturated rings. The SMILES string of the molecule is COc1ccnc(Cn2ncc(N)cc2=O)c1OC. The Bertz CT molecular complexity index is 639. The predicted molar refractivity (Wildman–Crippen MR) is 69.4 cm³/mol. The van der Waals surface area contributed by atoms with Crippen LogP contribution in [0, 0.1) is 0 Å². The molecule has 2 aromatic heterocycles. The quantitative estimate of drug-likeness (QED) is 0.851. The van der Waals surface area contributed by atoms with Crippen LogP contribution in [-0.2, 0) is 6.54 Å². The van der Waals surface area contributed by atoms with Crippen LogP contribution in [0.4, 0.5) is 5.69 Å². The van der Waals surface area contributed by atoms with Gasteiger partial charge in [-0.3, -0.25) is 9.78 Å². The minimum Gasteiger partial charge on any atom is -0.493 e. The number of hydrogen-bond donors (Lipinski definition) is 1. The Morgan fingerprint density at radius 2 is 2.16 bits per heavy atom. The Morgan fingerprint density at radius 1 is 1.37 bits per heavy atom. The van der Waals surface area contributed by atoms with Crippen molar-refractivity contribution < 1.29 is 9.47 Å². The monoisotopic (exact) mass is 262 g/mol. The third-order valence-corrected chi connectivity index (χ3v) is 2.56. The molecule has 19 heavy (non-hydrogen) atoms. The summed E-state index contributed by atoms with van der Waals surface area (Å²) in [5.41, 5.74) is 6.07. The molecule has 7 heteroatoms. The van der Waals surface area contributed by atoms with E-state index in [9.17, 15) is 4.79 Å². The first kappa shape index (κ1) is 12.9. The molecular weight excluding hydrogens is 248 g/mol. The smallest absolute Gasteiger partial charge is 0.269 e. The van der Waals surface area contributed by atoms with Crippen LogP contribution in [0.5, 0.6) is 11.5 Å². The minimum absolute atomic E-state index is 0.180. The molecule has 2 heterocycles. The first-order valence-corrected chi connectivity index (χ1v) is 5.54. The summed E-state index contributed by atoms with van der Waals surface area (Å²) in [7, 11) is 3.05. The summed E-state index contributed by atoms with van der Waals surface area (Å²) in [6.07, 6.45) is 2.99. The number of nitrogen functional groups attached to an aromatic ring is 1. The molecule has 0 spiro atoms. The molecule has 0 aliphatic heterocycles. The van der Waals surface area contributed by atoms with E-state index in [0.717, 1.165) is 0 Å². The van der Waals surface area contributed by atoms with E-state index in [1.165, 1.54) is 31.2 Å². The van der Waals surface area contributed by atoms with E-state index in [2.05, 4.69) is 10.1 Å². The van der Waals surface area contributed by atoms with Gasteiger partial charge in [-0.2, -0.15) is 5.10 Å². The number of aromatic nitrogens is 3. The van der Waals surface area contributed by atoms with Crippen LogP contribution in [0.2, 0.25) is 0 Å². The molecule has 0 aliphatic rings. The van der Waals surface area contributed by atoms with Crippen molar-refractivity contribution in [3.63, 3.8) is 0 Å².